The Bertz CT molecular complexity index is 964. The van der Waals surface area contributed by atoms with Crippen LogP contribution in [0.15, 0.2) is 48.2 Å². The average Bonchev–Trinajstić information content (AvgIpc) is 2.65. The van der Waals surface area contributed by atoms with E-state index in [2.05, 4.69) is 5.32 Å². The quantitative estimate of drug-likeness (QED) is 0.0998. The summed E-state index contributed by atoms with van der Waals surface area (Å²) in [5.41, 5.74) is -1.53. The SMILES string of the molecule is CCOC(=O)C(=CNc1ccccc1)C(=O)c1cc(F)c(Cl)c([N+](=O)[O-])c1Cl. The van der Waals surface area contributed by atoms with Gasteiger partial charge < -0.3 is 10.1 Å². The number of ketones is 1. The first-order valence-corrected chi connectivity index (χ1v) is 8.59. The van der Waals surface area contributed by atoms with Gasteiger partial charge in [-0.2, -0.15) is 0 Å². The number of hydrogen-bond acceptors (Lipinski definition) is 6. The van der Waals surface area contributed by atoms with Crippen LogP contribution in [0.5, 0.6) is 0 Å². The summed E-state index contributed by atoms with van der Waals surface area (Å²) in [6.45, 7) is 1.50. The van der Waals surface area contributed by atoms with Crippen LogP contribution in [-0.2, 0) is 9.53 Å². The van der Waals surface area contributed by atoms with E-state index in [-0.39, 0.29) is 6.61 Å². The van der Waals surface area contributed by atoms with Crippen LogP contribution in [0.1, 0.15) is 17.3 Å². The molecule has 0 aliphatic heterocycles. The first kappa shape index (κ1) is 21.3. The minimum atomic E-state index is -1.22. The number of ether oxygens (including phenoxy) is 1. The Hall–Kier alpha value is -2.97. The first-order chi connectivity index (χ1) is 13.3. The number of anilines is 1. The molecular formula is C18H13Cl2FN2O5. The summed E-state index contributed by atoms with van der Waals surface area (Å²) in [4.78, 5) is 35.1. The van der Waals surface area contributed by atoms with Crippen LogP contribution in [0.4, 0.5) is 15.8 Å². The lowest BCUT2D eigenvalue weighted by molar-refractivity contribution is -0.384. The Balaban J connectivity index is 2.54. The fraction of sp³-hybridized carbons (Fsp3) is 0.111. The maximum atomic E-state index is 14.0. The number of nitrogens with zero attached hydrogens (tertiary/aromatic N) is 1. The number of nitro benzene ring substituents is 1. The van der Waals surface area contributed by atoms with Gasteiger partial charge in [0.1, 0.15) is 16.4 Å². The van der Waals surface area contributed by atoms with E-state index in [0.29, 0.717) is 11.8 Å². The molecular weight excluding hydrogens is 414 g/mol. The number of benzene rings is 2. The molecule has 0 aliphatic rings. The van der Waals surface area contributed by atoms with Crippen LogP contribution in [0.3, 0.4) is 0 Å². The van der Waals surface area contributed by atoms with Gasteiger partial charge in [-0.05, 0) is 25.1 Å². The fourth-order valence-electron chi connectivity index (χ4n) is 2.18. The third kappa shape index (κ3) is 4.65. The fourth-order valence-corrected chi connectivity index (χ4v) is 2.75. The van der Waals surface area contributed by atoms with Gasteiger partial charge in [-0.25, -0.2) is 9.18 Å². The van der Waals surface area contributed by atoms with Gasteiger partial charge in [0.2, 0.25) is 5.78 Å². The van der Waals surface area contributed by atoms with Crippen LogP contribution in [0, 0.1) is 15.9 Å². The molecule has 1 N–H and O–H groups in total. The second-order valence-electron chi connectivity index (χ2n) is 5.26. The van der Waals surface area contributed by atoms with E-state index in [9.17, 15) is 24.1 Å². The molecule has 2 rings (SSSR count). The van der Waals surface area contributed by atoms with Crippen molar-refractivity contribution in [2.75, 3.05) is 11.9 Å². The summed E-state index contributed by atoms with van der Waals surface area (Å²) in [5.74, 6) is -3.30. The Kier molecular flexibility index (Phi) is 7.08. The average molecular weight is 427 g/mol. The molecule has 0 amide bonds. The number of carbonyl (C=O) groups excluding carboxylic acids is 2. The van der Waals surface area contributed by atoms with Crippen molar-refractivity contribution in [2.45, 2.75) is 6.92 Å². The van der Waals surface area contributed by atoms with Crippen LogP contribution >= 0.6 is 23.2 Å². The van der Waals surface area contributed by atoms with Crippen molar-refractivity contribution >= 4 is 46.3 Å². The van der Waals surface area contributed by atoms with Crippen molar-refractivity contribution in [3.63, 3.8) is 0 Å². The molecule has 2 aromatic rings. The van der Waals surface area contributed by atoms with Crippen molar-refractivity contribution in [2.24, 2.45) is 0 Å². The molecule has 0 heterocycles. The number of para-hydroxylation sites is 1. The zero-order valence-electron chi connectivity index (χ0n) is 14.4. The van der Waals surface area contributed by atoms with Crippen molar-refractivity contribution in [1.82, 2.24) is 0 Å². The lowest BCUT2D eigenvalue weighted by Gasteiger charge is -2.10. The van der Waals surface area contributed by atoms with Crippen LogP contribution in [0.25, 0.3) is 0 Å². The lowest BCUT2D eigenvalue weighted by atomic mass is 10.0. The lowest BCUT2D eigenvalue weighted by Crippen LogP contribution is -2.18. The van der Waals surface area contributed by atoms with E-state index < -0.39 is 49.4 Å². The van der Waals surface area contributed by atoms with Gasteiger partial charge in [0.05, 0.1) is 17.1 Å². The molecule has 146 valence electrons. The molecule has 0 radical (unpaired) electrons. The van der Waals surface area contributed by atoms with Gasteiger partial charge in [0.25, 0.3) is 0 Å². The number of halogens is 3. The predicted octanol–water partition coefficient (Wildman–Crippen LogP) is 4.78. The molecule has 28 heavy (non-hydrogen) atoms. The zero-order valence-corrected chi connectivity index (χ0v) is 15.9. The highest BCUT2D eigenvalue weighted by Crippen LogP contribution is 2.38. The predicted molar refractivity (Wildman–Crippen MR) is 102 cm³/mol. The second-order valence-corrected chi connectivity index (χ2v) is 6.01. The zero-order chi connectivity index (χ0) is 20.8. The summed E-state index contributed by atoms with van der Waals surface area (Å²) in [5, 5.41) is 12.3. The molecule has 0 spiro atoms. The smallest absolute Gasteiger partial charge is 0.343 e. The standard InChI is InChI=1S/C18H13Cl2FN2O5/c1-2-28-18(25)12(9-22-10-6-4-3-5-7-10)17(24)11-8-13(21)15(20)16(14(11)19)23(26)27/h3-9,22H,2H2,1H3. The van der Waals surface area contributed by atoms with Gasteiger partial charge in [0, 0.05) is 11.9 Å². The molecule has 0 saturated carbocycles. The Morgan fingerprint density at radius 3 is 2.46 bits per heavy atom. The van der Waals surface area contributed by atoms with Crippen molar-refractivity contribution in [3.8, 4) is 0 Å². The third-order valence-electron chi connectivity index (χ3n) is 3.46. The summed E-state index contributed by atoms with van der Waals surface area (Å²) in [6, 6.07) is 9.18. The summed E-state index contributed by atoms with van der Waals surface area (Å²) in [6.07, 6.45) is 1.06. The van der Waals surface area contributed by atoms with Gasteiger partial charge in [-0.3, -0.25) is 14.9 Å². The Morgan fingerprint density at radius 1 is 1.25 bits per heavy atom. The van der Waals surface area contributed by atoms with Crippen LogP contribution < -0.4 is 5.32 Å². The van der Waals surface area contributed by atoms with E-state index >= 15 is 0 Å². The highest BCUT2D eigenvalue weighted by atomic mass is 35.5. The van der Waals surface area contributed by atoms with Gasteiger partial charge in [0.15, 0.2) is 5.02 Å². The minimum Gasteiger partial charge on any atom is -0.462 e. The monoisotopic (exact) mass is 426 g/mol. The molecule has 0 unspecified atom stereocenters. The third-order valence-corrected chi connectivity index (χ3v) is 4.20. The van der Waals surface area contributed by atoms with Crippen LogP contribution in [-0.4, -0.2) is 23.3 Å². The van der Waals surface area contributed by atoms with E-state index in [4.69, 9.17) is 27.9 Å². The molecule has 0 atom stereocenters. The van der Waals surface area contributed by atoms with Crippen LogP contribution in [0.2, 0.25) is 10.0 Å². The van der Waals surface area contributed by atoms with E-state index in [0.717, 1.165) is 6.20 Å². The summed E-state index contributed by atoms with van der Waals surface area (Å²) < 4.78 is 18.8. The number of carbonyl (C=O) groups is 2. The number of hydrogen-bond donors (Lipinski definition) is 1. The molecule has 0 bridgehead atoms. The first-order valence-electron chi connectivity index (χ1n) is 7.83. The molecule has 0 aliphatic carbocycles. The van der Waals surface area contributed by atoms with Gasteiger partial charge in [-0.15, -0.1) is 0 Å². The summed E-state index contributed by atoms with van der Waals surface area (Å²) >= 11 is 11.5. The number of nitrogens with one attached hydrogen (secondary N) is 1. The maximum Gasteiger partial charge on any atom is 0.343 e. The largest absolute Gasteiger partial charge is 0.462 e. The number of rotatable bonds is 7. The number of Topliss-reactive ketones (excluding diaryl/α,β-unsaturated/α-hetero) is 1. The van der Waals surface area contributed by atoms with Gasteiger partial charge >= 0.3 is 11.7 Å². The molecule has 0 aromatic heterocycles. The molecule has 10 heteroatoms. The molecule has 2 aromatic carbocycles. The Labute approximate surface area is 168 Å². The van der Waals surface area contributed by atoms with Crippen molar-refractivity contribution < 1.29 is 23.6 Å². The molecule has 0 fully saturated rings. The minimum absolute atomic E-state index is 0.0301. The molecule has 7 nitrogen and oxygen atoms in total. The van der Waals surface area contributed by atoms with E-state index in [1.807, 2.05) is 0 Å². The summed E-state index contributed by atoms with van der Waals surface area (Å²) in [7, 11) is 0. The number of nitro groups is 1. The van der Waals surface area contributed by atoms with E-state index in [1.165, 1.54) is 6.92 Å². The Morgan fingerprint density at radius 2 is 1.89 bits per heavy atom. The highest BCUT2D eigenvalue weighted by molar-refractivity contribution is 6.42. The van der Waals surface area contributed by atoms with Gasteiger partial charge in [-0.1, -0.05) is 41.4 Å². The maximum absolute atomic E-state index is 14.0. The topological polar surface area (TPSA) is 98.5 Å². The molecule has 0 saturated heterocycles. The van der Waals surface area contributed by atoms with E-state index in [1.54, 1.807) is 30.3 Å². The second kappa shape index (κ2) is 9.29. The van der Waals surface area contributed by atoms with Crippen molar-refractivity contribution in [1.29, 1.82) is 0 Å². The van der Waals surface area contributed by atoms with Crippen molar-refractivity contribution in [3.05, 3.63) is 79.7 Å². The number of esters is 1. The normalized spacial score (nSPS) is 11.1. The highest BCUT2D eigenvalue weighted by Gasteiger charge is 2.31.